The third-order valence-corrected chi connectivity index (χ3v) is 2.11. The second kappa shape index (κ2) is 3.27. The summed E-state index contributed by atoms with van der Waals surface area (Å²) in [6.45, 7) is 3.62. The maximum absolute atomic E-state index is 13.3. The van der Waals surface area contributed by atoms with Gasteiger partial charge in [0.1, 0.15) is 13.7 Å². The Morgan fingerprint density at radius 1 is 1.50 bits per heavy atom. The Hall–Kier alpha value is -0.825. The van der Waals surface area contributed by atoms with Crippen molar-refractivity contribution in [3.05, 3.63) is 29.1 Å². The van der Waals surface area contributed by atoms with Crippen LogP contribution in [0.15, 0.2) is 12.1 Å². The normalized spacial score (nSPS) is 13.0. The number of rotatable bonds is 1. The van der Waals surface area contributed by atoms with Crippen LogP contribution in [0.2, 0.25) is 0 Å². The summed E-state index contributed by atoms with van der Waals surface area (Å²) in [5.74, 6) is -0.134. The van der Waals surface area contributed by atoms with Crippen molar-refractivity contribution in [3.63, 3.8) is 0 Å². The molecule has 1 nitrogen and oxygen atoms in total. The molecular weight excluding hydrogens is 152 g/mol. The summed E-state index contributed by atoms with van der Waals surface area (Å²) in [6, 6.07) is 3.56. The van der Waals surface area contributed by atoms with Crippen LogP contribution in [0, 0.1) is 12.7 Å². The first kappa shape index (κ1) is 9.26. The van der Waals surface area contributed by atoms with Crippen molar-refractivity contribution in [2.75, 3.05) is 0 Å². The second-order valence-corrected chi connectivity index (χ2v) is 3.20. The molecule has 0 aliphatic rings. The Bertz CT molecular complexity index is 297. The first-order chi connectivity index (χ1) is 5.54. The molecule has 1 atom stereocenters. The number of nitrogens with two attached hydrogens (primary N) is 1. The van der Waals surface area contributed by atoms with Crippen LogP contribution in [-0.2, 0) is 0 Å². The lowest BCUT2D eigenvalue weighted by Crippen LogP contribution is -2.15. The van der Waals surface area contributed by atoms with E-state index < -0.39 is 0 Å². The quantitative estimate of drug-likeness (QED) is 0.599. The van der Waals surface area contributed by atoms with Crippen molar-refractivity contribution in [2.24, 2.45) is 5.73 Å². The number of benzene rings is 1. The van der Waals surface area contributed by atoms with Crippen molar-refractivity contribution in [2.45, 2.75) is 19.9 Å². The van der Waals surface area contributed by atoms with Crippen LogP contribution in [0.25, 0.3) is 0 Å². The average Bonchev–Trinajstić information content (AvgIpc) is 2.00. The van der Waals surface area contributed by atoms with Crippen LogP contribution in [0.4, 0.5) is 4.39 Å². The molecule has 0 bridgehead atoms. The number of halogens is 1. The van der Waals surface area contributed by atoms with Crippen molar-refractivity contribution < 1.29 is 4.39 Å². The van der Waals surface area contributed by atoms with E-state index in [2.05, 4.69) is 0 Å². The Kier molecular flexibility index (Phi) is 2.53. The molecule has 0 aromatic heterocycles. The predicted octanol–water partition coefficient (Wildman–Crippen LogP) is 0.412. The molecule has 64 valence electrons. The highest BCUT2D eigenvalue weighted by Gasteiger charge is 2.08. The van der Waals surface area contributed by atoms with Crippen molar-refractivity contribution in [3.8, 4) is 0 Å². The molecule has 0 spiro atoms. The van der Waals surface area contributed by atoms with Gasteiger partial charge in [-0.15, -0.1) is 0 Å². The minimum atomic E-state index is -0.134. The highest BCUT2D eigenvalue weighted by atomic mass is 19.1. The SMILES string of the molecule is Bc1ccc(C(C)N)c(C)c1F. The summed E-state index contributed by atoms with van der Waals surface area (Å²) in [5.41, 5.74) is 7.90. The number of hydrogen-bond acceptors (Lipinski definition) is 1. The minimum Gasteiger partial charge on any atom is -0.324 e. The molecule has 0 saturated heterocycles. The summed E-state index contributed by atoms with van der Waals surface area (Å²) < 4.78 is 13.3. The zero-order valence-corrected chi connectivity index (χ0v) is 7.69. The van der Waals surface area contributed by atoms with Crippen LogP contribution >= 0.6 is 0 Å². The first-order valence-corrected chi connectivity index (χ1v) is 4.05. The minimum absolute atomic E-state index is 0.0971. The molecule has 0 radical (unpaired) electrons. The molecule has 0 amide bonds. The lowest BCUT2D eigenvalue weighted by atomic mass is 9.90. The van der Waals surface area contributed by atoms with E-state index in [1.54, 1.807) is 20.8 Å². The maximum Gasteiger partial charge on any atom is 0.143 e. The molecule has 1 aromatic carbocycles. The Morgan fingerprint density at radius 2 is 2.08 bits per heavy atom. The third-order valence-electron chi connectivity index (χ3n) is 2.11. The molecule has 0 aliphatic carbocycles. The van der Waals surface area contributed by atoms with Crippen LogP contribution in [0.1, 0.15) is 24.1 Å². The van der Waals surface area contributed by atoms with Gasteiger partial charge in [0.05, 0.1) is 0 Å². The average molecular weight is 165 g/mol. The van der Waals surface area contributed by atoms with Gasteiger partial charge >= 0.3 is 0 Å². The highest BCUT2D eigenvalue weighted by Crippen LogP contribution is 2.15. The van der Waals surface area contributed by atoms with Crippen molar-refractivity contribution in [1.82, 2.24) is 0 Å². The van der Waals surface area contributed by atoms with Gasteiger partial charge in [0.15, 0.2) is 0 Å². The fraction of sp³-hybridized carbons (Fsp3) is 0.333. The van der Waals surface area contributed by atoms with Crippen molar-refractivity contribution >= 4 is 13.3 Å². The van der Waals surface area contributed by atoms with Gasteiger partial charge in [0.25, 0.3) is 0 Å². The second-order valence-electron chi connectivity index (χ2n) is 3.20. The molecule has 3 heteroatoms. The molecule has 0 heterocycles. The Balaban J connectivity index is 3.27. The maximum atomic E-state index is 13.3. The van der Waals surface area contributed by atoms with E-state index in [-0.39, 0.29) is 11.9 Å². The molecule has 12 heavy (non-hydrogen) atoms. The van der Waals surface area contributed by atoms with E-state index in [1.165, 1.54) is 0 Å². The van der Waals surface area contributed by atoms with Gasteiger partial charge in [0.2, 0.25) is 0 Å². The standard InChI is InChI=1S/C9H13BFN/c1-5-7(6(2)12)3-4-8(10)9(5)11/h3-4,6H,10,12H2,1-2H3. The first-order valence-electron chi connectivity index (χ1n) is 4.05. The van der Waals surface area contributed by atoms with Crippen LogP contribution < -0.4 is 11.2 Å². The monoisotopic (exact) mass is 165 g/mol. The van der Waals surface area contributed by atoms with Gasteiger partial charge in [0, 0.05) is 6.04 Å². The predicted molar refractivity (Wildman–Crippen MR) is 51.9 cm³/mol. The zero-order valence-electron chi connectivity index (χ0n) is 7.69. The summed E-state index contributed by atoms with van der Waals surface area (Å²) in [7, 11) is 1.76. The van der Waals surface area contributed by atoms with Gasteiger partial charge in [-0.05, 0) is 25.0 Å². The highest BCUT2D eigenvalue weighted by molar-refractivity contribution is 6.32. The van der Waals surface area contributed by atoms with E-state index in [1.807, 2.05) is 13.0 Å². The smallest absolute Gasteiger partial charge is 0.143 e. The molecule has 1 aromatic rings. The topological polar surface area (TPSA) is 26.0 Å². The zero-order chi connectivity index (χ0) is 9.30. The molecular formula is C9H13BFN. The van der Waals surface area contributed by atoms with Gasteiger partial charge in [-0.1, -0.05) is 17.6 Å². The molecule has 0 aliphatic heterocycles. The van der Waals surface area contributed by atoms with Gasteiger partial charge in [-0.25, -0.2) is 4.39 Å². The molecule has 0 saturated carbocycles. The van der Waals surface area contributed by atoms with E-state index >= 15 is 0 Å². The molecule has 0 fully saturated rings. The van der Waals surface area contributed by atoms with E-state index in [9.17, 15) is 4.39 Å². The third kappa shape index (κ3) is 1.51. The largest absolute Gasteiger partial charge is 0.324 e. The summed E-state index contributed by atoms with van der Waals surface area (Å²) in [5, 5.41) is 0. The summed E-state index contributed by atoms with van der Waals surface area (Å²) in [4.78, 5) is 0. The fourth-order valence-electron chi connectivity index (χ4n) is 1.33. The Morgan fingerprint density at radius 3 is 2.58 bits per heavy atom. The Labute approximate surface area is 73.2 Å². The van der Waals surface area contributed by atoms with Crippen LogP contribution in [0.3, 0.4) is 0 Å². The molecule has 1 unspecified atom stereocenters. The van der Waals surface area contributed by atoms with Crippen LogP contribution in [-0.4, -0.2) is 7.85 Å². The number of hydrogen-bond donors (Lipinski definition) is 1. The summed E-state index contributed by atoms with van der Waals surface area (Å²) in [6.07, 6.45) is 0. The van der Waals surface area contributed by atoms with Crippen molar-refractivity contribution in [1.29, 1.82) is 0 Å². The van der Waals surface area contributed by atoms with E-state index in [0.29, 0.717) is 11.0 Å². The van der Waals surface area contributed by atoms with E-state index in [0.717, 1.165) is 5.56 Å². The lowest BCUT2D eigenvalue weighted by molar-refractivity contribution is 0.619. The van der Waals surface area contributed by atoms with E-state index in [4.69, 9.17) is 5.73 Å². The van der Waals surface area contributed by atoms with Gasteiger partial charge < -0.3 is 5.73 Å². The van der Waals surface area contributed by atoms with Gasteiger partial charge in [-0.3, -0.25) is 0 Å². The fourth-order valence-corrected chi connectivity index (χ4v) is 1.33. The summed E-state index contributed by atoms with van der Waals surface area (Å²) >= 11 is 0. The lowest BCUT2D eigenvalue weighted by Gasteiger charge is -2.11. The van der Waals surface area contributed by atoms with Crippen LogP contribution in [0.5, 0.6) is 0 Å². The van der Waals surface area contributed by atoms with Gasteiger partial charge in [-0.2, -0.15) is 0 Å². The molecule has 2 N–H and O–H groups in total. The molecule has 1 rings (SSSR count).